The molecular formula is C19H19FN4OS. The third-order valence-electron chi connectivity index (χ3n) is 4.83. The van der Waals surface area contributed by atoms with Crippen LogP contribution in [0.2, 0.25) is 0 Å². The molecule has 1 amide bonds. The third kappa shape index (κ3) is 3.14. The lowest BCUT2D eigenvalue weighted by Crippen LogP contribution is -2.37. The summed E-state index contributed by atoms with van der Waals surface area (Å²) < 4.78 is 15.2. The van der Waals surface area contributed by atoms with Gasteiger partial charge in [0.1, 0.15) is 5.82 Å². The molecule has 0 saturated heterocycles. The van der Waals surface area contributed by atoms with Gasteiger partial charge in [0.05, 0.1) is 10.6 Å². The first kappa shape index (κ1) is 16.9. The van der Waals surface area contributed by atoms with Gasteiger partial charge in [0, 0.05) is 13.1 Å². The molecular weight excluding hydrogens is 351 g/mol. The fourth-order valence-electron chi connectivity index (χ4n) is 2.99. The van der Waals surface area contributed by atoms with Crippen LogP contribution in [-0.2, 0) is 0 Å². The predicted octanol–water partition coefficient (Wildman–Crippen LogP) is 4.01. The second-order valence-corrected chi connectivity index (χ2v) is 7.57. The number of hydrogen-bond acceptors (Lipinski definition) is 4. The third-order valence-corrected chi connectivity index (χ3v) is 5.69. The van der Waals surface area contributed by atoms with Gasteiger partial charge in [0.2, 0.25) is 5.82 Å². The summed E-state index contributed by atoms with van der Waals surface area (Å²) in [5, 5.41) is 6.35. The van der Waals surface area contributed by atoms with Gasteiger partial charge in [0.25, 0.3) is 5.91 Å². The van der Waals surface area contributed by atoms with Gasteiger partial charge < -0.3 is 4.90 Å². The minimum Gasteiger partial charge on any atom is -0.336 e. The van der Waals surface area contributed by atoms with Crippen molar-refractivity contribution < 1.29 is 9.18 Å². The molecule has 0 bridgehead atoms. The average Bonchev–Trinajstić information content (AvgIpc) is 3.17. The van der Waals surface area contributed by atoms with E-state index < -0.39 is 0 Å². The van der Waals surface area contributed by atoms with Gasteiger partial charge in [0.15, 0.2) is 5.82 Å². The second-order valence-electron chi connectivity index (χ2n) is 6.62. The number of rotatable bonds is 5. The number of benzene rings is 1. The van der Waals surface area contributed by atoms with Crippen molar-refractivity contribution in [3.63, 3.8) is 0 Å². The molecule has 1 aliphatic carbocycles. The number of halogens is 1. The molecule has 2 aromatic heterocycles. The Morgan fingerprint density at radius 3 is 2.81 bits per heavy atom. The van der Waals surface area contributed by atoms with Gasteiger partial charge in [-0.05, 0) is 55.3 Å². The van der Waals surface area contributed by atoms with Gasteiger partial charge in [-0.3, -0.25) is 4.79 Å². The highest BCUT2D eigenvalue weighted by molar-refractivity contribution is 7.13. The lowest BCUT2D eigenvalue weighted by atomic mass is 10.2. The lowest BCUT2D eigenvalue weighted by molar-refractivity contribution is 0.0715. The molecule has 2 heterocycles. The quantitative estimate of drug-likeness (QED) is 0.682. The zero-order valence-electron chi connectivity index (χ0n) is 14.6. The van der Waals surface area contributed by atoms with Crippen LogP contribution in [-0.4, -0.2) is 38.7 Å². The maximum Gasteiger partial charge on any atom is 0.293 e. The normalized spacial score (nSPS) is 15.0. The molecule has 1 aliphatic rings. The summed E-state index contributed by atoms with van der Waals surface area (Å²) in [6.07, 6.45) is 2.31. The van der Waals surface area contributed by atoms with Gasteiger partial charge in [-0.1, -0.05) is 12.1 Å². The predicted molar refractivity (Wildman–Crippen MR) is 98.9 cm³/mol. The Hall–Kier alpha value is -2.54. The maximum absolute atomic E-state index is 13.7. The number of carbonyl (C=O) groups is 1. The minimum atomic E-state index is -0.359. The van der Waals surface area contributed by atoms with E-state index in [-0.39, 0.29) is 23.6 Å². The first-order valence-electron chi connectivity index (χ1n) is 8.58. The molecule has 0 aliphatic heterocycles. The van der Waals surface area contributed by atoms with E-state index in [0.717, 1.165) is 17.7 Å². The summed E-state index contributed by atoms with van der Waals surface area (Å²) in [5.41, 5.74) is 0.540. The van der Waals surface area contributed by atoms with E-state index in [0.29, 0.717) is 17.4 Å². The number of carbonyl (C=O) groups excluding carboxylic acids is 1. The number of amides is 1. The number of thiophene rings is 1. The first-order valence-corrected chi connectivity index (χ1v) is 9.46. The first-order chi connectivity index (χ1) is 12.5. The van der Waals surface area contributed by atoms with Crippen LogP contribution in [0.5, 0.6) is 0 Å². The van der Waals surface area contributed by atoms with E-state index in [1.165, 1.54) is 28.2 Å². The zero-order valence-corrected chi connectivity index (χ0v) is 15.4. The van der Waals surface area contributed by atoms with Gasteiger partial charge >= 0.3 is 0 Å². The molecule has 1 aromatic carbocycles. The Balaban J connectivity index is 1.75. The van der Waals surface area contributed by atoms with Crippen LogP contribution in [0.15, 0.2) is 41.8 Å². The van der Waals surface area contributed by atoms with E-state index >= 15 is 0 Å². The Morgan fingerprint density at radius 1 is 1.35 bits per heavy atom. The van der Waals surface area contributed by atoms with Crippen molar-refractivity contribution in [3.8, 4) is 16.4 Å². The standard InChI is InChI=1S/C19H19FN4OS/c1-12(13-8-9-13)23(2)19(25)17-21-18(16-7-4-10-26-16)24(22-17)15-6-3-5-14(20)11-15/h3-7,10-13H,8-9H2,1-2H3. The fourth-order valence-corrected chi connectivity index (χ4v) is 3.69. The molecule has 1 fully saturated rings. The Kier molecular flexibility index (Phi) is 4.32. The molecule has 4 rings (SSSR count). The van der Waals surface area contributed by atoms with Gasteiger partial charge in [-0.25, -0.2) is 14.1 Å². The largest absolute Gasteiger partial charge is 0.336 e. The Morgan fingerprint density at radius 2 is 2.15 bits per heavy atom. The smallest absolute Gasteiger partial charge is 0.293 e. The summed E-state index contributed by atoms with van der Waals surface area (Å²) in [7, 11) is 1.79. The minimum absolute atomic E-state index is 0.132. The van der Waals surface area contributed by atoms with Gasteiger partial charge in [-0.15, -0.1) is 16.4 Å². The Labute approximate surface area is 155 Å². The highest BCUT2D eigenvalue weighted by Gasteiger charge is 2.34. The lowest BCUT2D eigenvalue weighted by Gasteiger charge is -2.23. The highest BCUT2D eigenvalue weighted by atomic mass is 32.1. The molecule has 1 saturated carbocycles. The van der Waals surface area contributed by atoms with E-state index in [4.69, 9.17) is 0 Å². The Bertz CT molecular complexity index is 933. The molecule has 134 valence electrons. The van der Waals surface area contributed by atoms with Crippen molar-refractivity contribution in [3.05, 3.63) is 53.4 Å². The molecule has 5 nitrogen and oxygen atoms in total. The topological polar surface area (TPSA) is 51.0 Å². The summed E-state index contributed by atoms with van der Waals surface area (Å²) in [6.45, 7) is 2.05. The van der Waals surface area contributed by atoms with Crippen LogP contribution < -0.4 is 0 Å². The van der Waals surface area contributed by atoms with Crippen molar-refractivity contribution in [2.24, 2.45) is 5.92 Å². The van der Waals surface area contributed by atoms with Crippen LogP contribution >= 0.6 is 11.3 Å². The SMILES string of the molecule is CC(C1CC1)N(C)C(=O)c1nc(-c2cccs2)n(-c2cccc(F)c2)n1. The highest BCUT2D eigenvalue weighted by Crippen LogP contribution is 2.35. The molecule has 0 spiro atoms. The van der Waals surface area contributed by atoms with Gasteiger partial charge in [-0.2, -0.15) is 0 Å². The van der Waals surface area contributed by atoms with Crippen LogP contribution in [0.3, 0.4) is 0 Å². The van der Waals surface area contributed by atoms with Crippen LogP contribution in [0.1, 0.15) is 30.4 Å². The van der Waals surface area contributed by atoms with E-state index in [1.807, 2.05) is 17.5 Å². The molecule has 7 heteroatoms. The molecule has 3 aromatic rings. The molecule has 0 N–H and O–H groups in total. The molecule has 26 heavy (non-hydrogen) atoms. The van der Waals surface area contributed by atoms with Crippen molar-refractivity contribution in [2.45, 2.75) is 25.8 Å². The van der Waals surface area contributed by atoms with Crippen molar-refractivity contribution in [1.82, 2.24) is 19.7 Å². The van der Waals surface area contributed by atoms with Crippen LogP contribution in [0, 0.1) is 11.7 Å². The monoisotopic (exact) mass is 370 g/mol. The van der Waals surface area contributed by atoms with Crippen LogP contribution in [0.4, 0.5) is 4.39 Å². The molecule has 1 unspecified atom stereocenters. The van der Waals surface area contributed by atoms with Crippen LogP contribution in [0.25, 0.3) is 16.4 Å². The molecule has 0 radical (unpaired) electrons. The van der Waals surface area contributed by atoms with E-state index in [2.05, 4.69) is 17.0 Å². The number of hydrogen-bond donors (Lipinski definition) is 0. The average molecular weight is 370 g/mol. The molecule has 1 atom stereocenters. The van der Waals surface area contributed by atoms with Crippen molar-refractivity contribution in [1.29, 1.82) is 0 Å². The zero-order chi connectivity index (χ0) is 18.3. The van der Waals surface area contributed by atoms with Crippen molar-refractivity contribution >= 4 is 17.2 Å². The number of nitrogens with zero attached hydrogens (tertiary/aromatic N) is 4. The van der Waals surface area contributed by atoms with Crippen molar-refractivity contribution in [2.75, 3.05) is 7.05 Å². The second kappa shape index (κ2) is 6.64. The van der Waals surface area contributed by atoms with E-state index in [1.54, 1.807) is 24.1 Å². The number of aromatic nitrogens is 3. The summed E-state index contributed by atoms with van der Waals surface area (Å²) >= 11 is 1.50. The van der Waals surface area contributed by atoms with E-state index in [9.17, 15) is 9.18 Å². The maximum atomic E-state index is 13.7. The summed E-state index contributed by atoms with van der Waals surface area (Å²) in [5.74, 6) is 0.667. The summed E-state index contributed by atoms with van der Waals surface area (Å²) in [6, 6.07) is 10.1. The summed E-state index contributed by atoms with van der Waals surface area (Å²) in [4.78, 5) is 19.9. The fraction of sp³-hybridized carbons (Fsp3) is 0.316.